The lowest BCUT2D eigenvalue weighted by Gasteiger charge is -2.31. The van der Waals surface area contributed by atoms with Crippen LogP contribution >= 0.6 is 11.3 Å². The average Bonchev–Trinajstić information content (AvgIpc) is 3.00. The predicted molar refractivity (Wildman–Crippen MR) is 96.0 cm³/mol. The molecular weight excluding hydrogens is 324 g/mol. The minimum Gasteiger partial charge on any atom is -0.481 e. The van der Waals surface area contributed by atoms with Crippen LogP contribution < -0.4 is 0 Å². The maximum absolute atomic E-state index is 12.4. The van der Waals surface area contributed by atoms with Gasteiger partial charge < -0.3 is 10.0 Å². The summed E-state index contributed by atoms with van der Waals surface area (Å²) in [6, 6.07) is 0. The number of piperidine rings is 1. The van der Waals surface area contributed by atoms with Crippen LogP contribution in [0.25, 0.3) is 6.08 Å². The maximum Gasteiger partial charge on any atom is 0.303 e. The molecule has 1 unspecified atom stereocenters. The monoisotopic (exact) mass is 350 g/mol. The maximum atomic E-state index is 12.4. The lowest BCUT2D eigenvalue weighted by molar-refractivity contribution is -0.137. The number of carboxylic acid groups (broad SMARTS) is 1. The van der Waals surface area contributed by atoms with E-state index in [0.29, 0.717) is 18.9 Å². The summed E-state index contributed by atoms with van der Waals surface area (Å²) in [6.45, 7) is 7.77. The highest BCUT2D eigenvalue weighted by Crippen LogP contribution is 2.27. The zero-order valence-electron chi connectivity index (χ0n) is 14.6. The van der Waals surface area contributed by atoms with Gasteiger partial charge in [0.1, 0.15) is 0 Å². The first-order chi connectivity index (χ1) is 11.3. The normalized spacial score (nSPS) is 19.0. The Balaban J connectivity index is 1.91. The van der Waals surface area contributed by atoms with Crippen LogP contribution in [0.2, 0.25) is 0 Å². The van der Waals surface area contributed by atoms with E-state index in [1.165, 1.54) is 0 Å². The smallest absolute Gasteiger partial charge is 0.303 e. The summed E-state index contributed by atoms with van der Waals surface area (Å²) in [5.41, 5.74) is 0.0188. The molecule has 1 aliphatic rings. The van der Waals surface area contributed by atoms with Gasteiger partial charge in [-0.15, -0.1) is 11.3 Å². The molecule has 1 aliphatic heterocycles. The minimum absolute atomic E-state index is 0.000679. The van der Waals surface area contributed by atoms with Gasteiger partial charge in [-0.1, -0.05) is 20.8 Å². The molecule has 5 nitrogen and oxygen atoms in total. The van der Waals surface area contributed by atoms with Crippen LogP contribution in [-0.4, -0.2) is 40.0 Å². The lowest BCUT2D eigenvalue weighted by atomic mass is 9.93. The van der Waals surface area contributed by atoms with E-state index in [2.05, 4.69) is 25.8 Å². The van der Waals surface area contributed by atoms with Crippen LogP contribution in [0.3, 0.4) is 0 Å². The summed E-state index contributed by atoms with van der Waals surface area (Å²) in [6.07, 6.45) is 8.02. The van der Waals surface area contributed by atoms with Gasteiger partial charge in [-0.2, -0.15) is 0 Å². The fourth-order valence-electron chi connectivity index (χ4n) is 2.80. The number of aliphatic carboxylic acids is 1. The molecule has 0 bridgehead atoms. The van der Waals surface area contributed by atoms with E-state index in [1.54, 1.807) is 23.6 Å². The van der Waals surface area contributed by atoms with Gasteiger partial charge in [0.2, 0.25) is 5.91 Å². The summed E-state index contributed by atoms with van der Waals surface area (Å²) in [5.74, 6) is -0.470. The molecule has 1 fully saturated rings. The van der Waals surface area contributed by atoms with E-state index in [9.17, 15) is 9.59 Å². The van der Waals surface area contributed by atoms with Crippen molar-refractivity contribution in [1.82, 2.24) is 9.88 Å². The van der Waals surface area contributed by atoms with Crippen molar-refractivity contribution in [3.63, 3.8) is 0 Å². The molecule has 6 heteroatoms. The minimum atomic E-state index is -0.766. The molecule has 1 aromatic rings. The van der Waals surface area contributed by atoms with Gasteiger partial charge in [-0.3, -0.25) is 9.59 Å². The van der Waals surface area contributed by atoms with Gasteiger partial charge in [0.25, 0.3) is 0 Å². The number of carbonyl (C=O) groups is 2. The molecular formula is C18H26N2O3S. The molecule has 1 atom stereocenters. The lowest BCUT2D eigenvalue weighted by Crippen LogP contribution is -2.39. The first-order valence-electron chi connectivity index (χ1n) is 8.41. The van der Waals surface area contributed by atoms with Crippen molar-refractivity contribution in [3.05, 3.63) is 22.2 Å². The number of amides is 1. The van der Waals surface area contributed by atoms with Gasteiger partial charge in [0.15, 0.2) is 0 Å². The molecule has 0 radical (unpaired) electrons. The summed E-state index contributed by atoms with van der Waals surface area (Å²) in [5, 5.41) is 9.85. The Hall–Kier alpha value is -1.69. The summed E-state index contributed by atoms with van der Waals surface area (Å²) < 4.78 is 0. The van der Waals surface area contributed by atoms with E-state index >= 15 is 0 Å². The van der Waals surface area contributed by atoms with Crippen LogP contribution in [0, 0.1) is 5.92 Å². The second-order valence-electron chi connectivity index (χ2n) is 7.38. The number of likely N-dealkylation sites (tertiary alicyclic amines) is 1. The number of carbonyl (C=O) groups excluding carboxylic acids is 1. The average molecular weight is 350 g/mol. The van der Waals surface area contributed by atoms with Gasteiger partial charge in [0, 0.05) is 42.1 Å². The van der Waals surface area contributed by atoms with Gasteiger partial charge >= 0.3 is 5.97 Å². The van der Waals surface area contributed by atoms with Crippen molar-refractivity contribution in [2.45, 2.75) is 51.9 Å². The van der Waals surface area contributed by atoms with Crippen LogP contribution in [-0.2, 0) is 15.0 Å². The first-order valence-corrected chi connectivity index (χ1v) is 9.22. The molecule has 24 heavy (non-hydrogen) atoms. The summed E-state index contributed by atoms with van der Waals surface area (Å²) in [7, 11) is 0. The Bertz CT molecular complexity index is 616. The standard InChI is InChI=1S/C18H26N2O3S/c1-18(2,3)17-19-11-14(24-17)7-8-15(21)20-10-4-5-13(12-20)6-9-16(22)23/h7-8,11,13H,4-6,9-10,12H2,1-3H3,(H,22,23)/b8-7+. The highest BCUT2D eigenvalue weighted by atomic mass is 32.1. The Morgan fingerprint density at radius 1 is 1.46 bits per heavy atom. The highest BCUT2D eigenvalue weighted by Gasteiger charge is 2.23. The molecule has 2 heterocycles. The second-order valence-corrected chi connectivity index (χ2v) is 8.44. The zero-order valence-corrected chi connectivity index (χ0v) is 15.4. The molecule has 1 aromatic heterocycles. The van der Waals surface area contributed by atoms with Crippen molar-refractivity contribution in [1.29, 1.82) is 0 Å². The van der Waals surface area contributed by atoms with Crippen LogP contribution in [0.4, 0.5) is 0 Å². The Morgan fingerprint density at radius 2 is 2.21 bits per heavy atom. The Morgan fingerprint density at radius 3 is 2.83 bits per heavy atom. The molecule has 1 saturated heterocycles. The van der Waals surface area contributed by atoms with Gasteiger partial charge in [0.05, 0.1) is 5.01 Å². The van der Waals surface area contributed by atoms with Crippen molar-refractivity contribution in [3.8, 4) is 0 Å². The first kappa shape index (κ1) is 18.6. The number of carboxylic acids is 1. The molecule has 2 rings (SSSR count). The second kappa shape index (κ2) is 7.92. The van der Waals surface area contributed by atoms with Crippen molar-refractivity contribution in [2.75, 3.05) is 13.1 Å². The van der Waals surface area contributed by atoms with E-state index in [0.717, 1.165) is 29.3 Å². The van der Waals surface area contributed by atoms with Gasteiger partial charge in [-0.05, 0) is 31.3 Å². The number of aromatic nitrogens is 1. The SMILES string of the molecule is CC(C)(C)c1ncc(/C=C/C(=O)N2CCCC(CCC(=O)O)C2)s1. The van der Waals surface area contributed by atoms with Crippen LogP contribution in [0.15, 0.2) is 12.3 Å². The largest absolute Gasteiger partial charge is 0.481 e. The van der Waals surface area contributed by atoms with E-state index < -0.39 is 5.97 Å². The number of nitrogens with zero attached hydrogens (tertiary/aromatic N) is 2. The van der Waals surface area contributed by atoms with Crippen LogP contribution in [0.5, 0.6) is 0 Å². The number of hydrogen-bond donors (Lipinski definition) is 1. The number of thiazole rings is 1. The highest BCUT2D eigenvalue weighted by molar-refractivity contribution is 7.12. The molecule has 132 valence electrons. The molecule has 0 aliphatic carbocycles. The fourth-order valence-corrected chi connectivity index (χ4v) is 3.67. The molecule has 0 saturated carbocycles. The molecule has 0 aromatic carbocycles. The van der Waals surface area contributed by atoms with Crippen molar-refractivity contribution in [2.24, 2.45) is 5.92 Å². The summed E-state index contributed by atoms with van der Waals surface area (Å²) in [4.78, 5) is 30.3. The van der Waals surface area contributed by atoms with E-state index in [-0.39, 0.29) is 17.7 Å². The third-order valence-electron chi connectivity index (χ3n) is 4.15. The third kappa shape index (κ3) is 5.44. The fraction of sp³-hybridized carbons (Fsp3) is 0.611. The van der Waals surface area contributed by atoms with Crippen LogP contribution in [0.1, 0.15) is 56.3 Å². The predicted octanol–water partition coefficient (Wildman–Crippen LogP) is 3.56. The number of rotatable bonds is 5. The van der Waals surface area contributed by atoms with E-state index in [1.807, 2.05) is 11.0 Å². The Kier molecular flexibility index (Phi) is 6.15. The quantitative estimate of drug-likeness (QED) is 0.824. The summed E-state index contributed by atoms with van der Waals surface area (Å²) >= 11 is 1.61. The van der Waals surface area contributed by atoms with Gasteiger partial charge in [-0.25, -0.2) is 4.98 Å². The van der Waals surface area contributed by atoms with Crippen molar-refractivity contribution < 1.29 is 14.7 Å². The number of hydrogen-bond acceptors (Lipinski definition) is 4. The molecule has 1 amide bonds. The third-order valence-corrected chi connectivity index (χ3v) is 5.54. The topological polar surface area (TPSA) is 70.5 Å². The Labute approximate surface area is 147 Å². The molecule has 0 spiro atoms. The van der Waals surface area contributed by atoms with E-state index in [4.69, 9.17) is 5.11 Å². The van der Waals surface area contributed by atoms with Crippen molar-refractivity contribution >= 4 is 29.3 Å². The zero-order chi connectivity index (χ0) is 17.7. The molecule has 1 N–H and O–H groups in total.